The monoisotopic (exact) mass is 472 g/mol. The topological polar surface area (TPSA) is 131 Å². The number of halogens is 2. The molecule has 0 amide bonds. The molecule has 3 aromatic heterocycles. The van der Waals surface area contributed by atoms with E-state index in [2.05, 4.69) is 32.0 Å². The molecule has 1 fully saturated rings. The molecule has 1 aromatic carbocycles. The number of nitrogens with zero attached hydrogens (tertiary/aromatic N) is 7. The number of aliphatic hydroxyl groups is 2. The highest BCUT2D eigenvalue weighted by Crippen LogP contribution is 2.33. The Labute approximate surface area is 193 Å². The zero-order valence-electron chi connectivity index (χ0n) is 18.9. The van der Waals surface area contributed by atoms with Gasteiger partial charge in [0.2, 0.25) is 5.95 Å². The van der Waals surface area contributed by atoms with Crippen LogP contribution in [0.3, 0.4) is 0 Å². The lowest BCUT2D eigenvalue weighted by molar-refractivity contribution is -0.0145. The molecule has 34 heavy (non-hydrogen) atoms. The minimum absolute atomic E-state index is 0.0231. The molecule has 180 valence electrons. The molecule has 0 radical (unpaired) electrons. The Kier molecular flexibility index (Phi) is 5.36. The van der Waals surface area contributed by atoms with E-state index in [1.54, 1.807) is 17.8 Å². The minimum Gasteiger partial charge on any atom is -0.393 e. The van der Waals surface area contributed by atoms with E-state index in [-0.39, 0.29) is 47.6 Å². The van der Waals surface area contributed by atoms with E-state index in [0.29, 0.717) is 12.4 Å². The predicted molar refractivity (Wildman–Crippen MR) is 121 cm³/mol. The molecule has 4 N–H and O–H groups in total. The first-order valence-corrected chi connectivity index (χ1v) is 11.1. The maximum absolute atomic E-state index is 14.3. The number of anilines is 2. The average Bonchev–Trinajstić information content (AvgIpc) is 3.43. The maximum Gasteiger partial charge on any atom is 0.223 e. The highest BCUT2D eigenvalue weighted by atomic mass is 19.1. The Morgan fingerprint density at radius 3 is 2.79 bits per heavy atom. The smallest absolute Gasteiger partial charge is 0.223 e. The van der Waals surface area contributed by atoms with Crippen LogP contribution < -0.4 is 10.6 Å². The molecule has 1 aliphatic heterocycles. The summed E-state index contributed by atoms with van der Waals surface area (Å²) in [6, 6.07) is 2.19. The van der Waals surface area contributed by atoms with Gasteiger partial charge in [-0.05, 0) is 32.8 Å². The summed E-state index contributed by atoms with van der Waals surface area (Å²) in [5, 5.41) is 28.5. The zero-order chi connectivity index (χ0) is 24.2. The number of nitrogen functional groups attached to an aromatic ring is 1. The van der Waals surface area contributed by atoms with Crippen LogP contribution in [0.4, 0.5) is 20.4 Å². The molecule has 1 aliphatic rings. The third-order valence-corrected chi connectivity index (χ3v) is 6.38. The summed E-state index contributed by atoms with van der Waals surface area (Å²) < 4.78 is 31.1. The van der Waals surface area contributed by atoms with Crippen molar-refractivity contribution in [3.63, 3.8) is 0 Å². The Bertz CT molecular complexity index is 1370. The van der Waals surface area contributed by atoms with Gasteiger partial charge in [-0.3, -0.25) is 4.68 Å². The SMILES string of the molecule is CC1CCC(c2nc3c4cc(F)cc(F)c4nc(N)n3n2)CN1c1cnn(CC(C)(O)CO)c1. The quantitative estimate of drug-likeness (QED) is 0.401. The highest BCUT2D eigenvalue weighted by Gasteiger charge is 2.31. The number of nitrogens with two attached hydrogens (primary N) is 1. The van der Waals surface area contributed by atoms with Crippen LogP contribution in [-0.4, -0.2) is 64.4 Å². The summed E-state index contributed by atoms with van der Waals surface area (Å²) in [4.78, 5) is 10.9. The van der Waals surface area contributed by atoms with E-state index >= 15 is 0 Å². The molecule has 3 unspecified atom stereocenters. The second-order valence-corrected chi connectivity index (χ2v) is 9.29. The first-order chi connectivity index (χ1) is 16.1. The van der Waals surface area contributed by atoms with Crippen molar-refractivity contribution < 1.29 is 19.0 Å². The average molecular weight is 473 g/mol. The summed E-state index contributed by atoms with van der Waals surface area (Å²) in [6.07, 6.45) is 5.26. The highest BCUT2D eigenvalue weighted by molar-refractivity contribution is 5.92. The lowest BCUT2D eigenvalue weighted by atomic mass is 9.92. The van der Waals surface area contributed by atoms with Gasteiger partial charge in [0.15, 0.2) is 17.3 Å². The maximum atomic E-state index is 14.3. The summed E-state index contributed by atoms with van der Waals surface area (Å²) in [5.74, 6) is -1.07. The number of fused-ring (bicyclic) bond motifs is 3. The van der Waals surface area contributed by atoms with Gasteiger partial charge in [-0.2, -0.15) is 9.61 Å². The Morgan fingerprint density at radius 1 is 1.24 bits per heavy atom. The van der Waals surface area contributed by atoms with Crippen LogP contribution >= 0.6 is 0 Å². The molecule has 0 bridgehead atoms. The van der Waals surface area contributed by atoms with E-state index < -0.39 is 17.2 Å². The first kappa shape index (κ1) is 22.4. The van der Waals surface area contributed by atoms with Crippen molar-refractivity contribution in [2.75, 3.05) is 23.8 Å². The van der Waals surface area contributed by atoms with E-state index in [0.717, 1.165) is 24.6 Å². The number of rotatable bonds is 5. The van der Waals surface area contributed by atoms with E-state index in [9.17, 15) is 19.0 Å². The normalized spacial score (nSPS) is 20.8. The standard InChI is InChI=1S/C22H26F2N8O2/c1-12-3-4-13(8-31(12)15-7-26-30(9-15)10-22(2,34)11-33)19-28-20-16-5-14(23)6-17(24)18(16)27-21(25)32(20)29-19/h5-7,9,12-13,33-34H,3-4,8,10-11H2,1-2H3,(H2,25,27). The fourth-order valence-electron chi connectivity index (χ4n) is 4.51. The molecule has 3 atom stereocenters. The van der Waals surface area contributed by atoms with Gasteiger partial charge in [-0.25, -0.2) is 18.7 Å². The molecular weight excluding hydrogens is 446 g/mol. The second kappa shape index (κ2) is 8.13. The molecule has 0 saturated carbocycles. The van der Waals surface area contributed by atoms with Crippen molar-refractivity contribution in [2.45, 2.75) is 50.8 Å². The molecule has 0 aliphatic carbocycles. The minimum atomic E-state index is -1.27. The number of piperidine rings is 1. The molecule has 4 aromatic rings. The number of aromatic nitrogens is 6. The van der Waals surface area contributed by atoms with Crippen LogP contribution in [0.5, 0.6) is 0 Å². The van der Waals surface area contributed by atoms with Gasteiger partial charge in [-0.1, -0.05) is 0 Å². The molecule has 12 heteroatoms. The molecule has 10 nitrogen and oxygen atoms in total. The van der Waals surface area contributed by atoms with Gasteiger partial charge >= 0.3 is 0 Å². The van der Waals surface area contributed by atoms with Crippen molar-refractivity contribution in [2.24, 2.45) is 0 Å². The molecule has 0 spiro atoms. The van der Waals surface area contributed by atoms with Gasteiger partial charge in [0, 0.05) is 30.8 Å². The molecular formula is C22H26F2N8O2. The third kappa shape index (κ3) is 3.92. The zero-order valence-corrected chi connectivity index (χ0v) is 18.9. The lowest BCUT2D eigenvalue weighted by Gasteiger charge is -2.37. The van der Waals surface area contributed by atoms with Gasteiger partial charge in [0.1, 0.15) is 16.9 Å². The summed E-state index contributed by atoms with van der Waals surface area (Å²) in [7, 11) is 0. The Balaban J connectivity index is 1.47. The summed E-state index contributed by atoms with van der Waals surface area (Å²) >= 11 is 0. The molecule has 5 rings (SSSR count). The van der Waals surface area contributed by atoms with Gasteiger partial charge < -0.3 is 20.8 Å². The third-order valence-electron chi connectivity index (χ3n) is 6.38. The van der Waals surface area contributed by atoms with Crippen LogP contribution in [0.15, 0.2) is 24.5 Å². The van der Waals surface area contributed by atoms with Crippen LogP contribution in [0.1, 0.15) is 38.4 Å². The molecule has 1 saturated heterocycles. The van der Waals surface area contributed by atoms with E-state index in [1.807, 2.05) is 6.20 Å². The van der Waals surface area contributed by atoms with Crippen molar-refractivity contribution in [1.29, 1.82) is 0 Å². The van der Waals surface area contributed by atoms with Crippen molar-refractivity contribution >= 4 is 28.2 Å². The Hall–Kier alpha value is -3.38. The van der Waals surface area contributed by atoms with Gasteiger partial charge in [0.05, 0.1) is 30.4 Å². The van der Waals surface area contributed by atoms with Crippen LogP contribution in [0, 0.1) is 11.6 Å². The molecule has 4 heterocycles. The number of hydrogen-bond acceptors (Lipinski definition) is 8. The fourth-order valence-corrected chi connectivity index (χ4v) is 4.51. The van der Waals surface area contributed by atoms with Crippen molar-refractivity contribution in [3.05, 3.63) is 42.0 Å². The Morgan fingerprint density at radius 2 is 2.03 bits per heavy atom. The number of aliphatic hydroxyl groups excluding tert-OH is 1. The second-order valence-electron chi connectivity index (χ2n) is 9.29. The van der Waals surface area contributed by atoms with Gasteiger partial charge in [-0.15, -0.1) is 5.10 Å². The largest absolute Gasteiger partial charge is 0.393 e. The summed E-state index contributed by atoms with van der Waals surface area (Å²) in [5.41, 5.74) is 5.84. The van der Waals surface area contributed by atoms with Crippen molar-refractivity contribution in [3.8, 4) is 0 Å². The fraction of sp³-hybridized carbons (Fsp3) is 0.455. The first-order valence-electron chi connectivity index (χ1n) is 11.1. The van der Waals surface area contributed by atoms with Crippen LogP contribution in [-0.2, 0) is 6.54 Å². The number of hydrogen-bond donors (Lipinski definition) is 3. The van der Waals surface area contributed by atoms with E-state index in [4.69, 9.17) is 5.73 Å². The van der Waals surface area contributed by atoms with Crippen LogP contribution in [0.25, 0.3) is 16.6 Å². The van der Waals surface area contributed by atoms with E-state index in [1.165, 1.54) is 10.6 Å². The summed E-state index contributed by atoms with van der Waals surface area (Å²) in [6.45, 7) is 4.06. The van der Waals surface area contributed by atoms with Gasteiger partial charge in [0.25, 0.3) is 0 Å². The van der Waals surface area contributed by atoms with Crippen LogP contribution in [0.2, 0.25) is 0 Å². The lowest BCUT2D eigenvalue weighted by Crippen LogP contribution is -2.41. The van der Waals surface area contributed by atoms with Crippen molar-refractivity contribution in [1.82, 2.24) is 29.4 Å². The number of benzene rings is 1. The predicted octanol–water partition coefficient (Wildman–Crippen LogP) is 1.85.